The second-order valence-corrected chi connectivity index (χ2v) is 4.13. The van der Waals surface area contributed by atoms with Crippen LogP contribution in [0.1, 0.15) is 16.9 Å². The number of nitrogens with zero attached hydrogens (tertiary/aromatic N) is 1. The van der Waals surface area contributed by atoms with Gasteiger partial charge in [-0.25, -0.2) is 0 Å². The van der Waals surface area contributed by atoms with Crippen LogP contribution in [0.3, 0.4) is 0 Å². The topological polar surface area (TPSA) is 64.1 Å². The second kappa shape index (κ2) is 4.97. The number of thiocarbonyl (C=S) groups is 1. The van der Waals surface area contributed by atoms with Crippen molar-refractivity contribution in [2.45, 2.75) is 13.5 Å². The van der Waals surface area contributed by atoms with E-state index in [0.717, 1.165) is 22.6 Å². The van der Waals surface area contributed by atoms with Crippen molar-refractivity contribution in [3.8, 4) is 0 Å². The number of aromatic nitrogens is 1. The summed E-state index contributed by atoms with van der Waals surface area (Å²) in [6, 6.07) is 7.65. The predicted molar refractivity (Wildman–Crippen MR) is 70.9 cm³/mol. The van der Waals surface area contributed by atoms with Gasteiger partial charge in [0.1, 0.15) is 4.99 Å². The summed E-state index contributed by atoms with van der Waals surface area (Å²) in [7, 11) is 0. The molecule has 0 amide bonds. The maximum absolute atomic E-state index is 5.69. The van der Waals surface area contributed by atoms with Crippen LogP contribution in [0.15, 0.2) is 35.0 Å². The number of nitrogens with two attached hydrogens (primary N) is 1. The first-order valence-corrected chi connectivity index (χ1v) is 5.62. The summed E-state index contributed by atoms with van der Waals surface area (Å²) < 4.78 is 5.02. The molecule has 3 N–H and O–H groups in total. The molecule has 0 aliphatic heterocycles. The predicted octanol–water partition coefficient (Wildman–Crippen LogP) is 2.23. The van der Waals surface area contributed by atoms with E-state index >= 15 is 0 Å². The summed E-state index contributed by atoms with van der Waals surface area (Å²) in [5, 5.41) is 6.91. The van der Waals surface area contributed by atoms with Crippen LogP contribution in [0.5, 0.6) is 0 Å². The van der Waals surface area contributed by atoms with Crippen LogP contribution in [0.2, 0.25) is 0 Å². The highest BCUT2D eigenvalue weighted by Crippen LogP contribution is 2.21. The van der Waals surface area contributed by atoms with Gasteiger partial charge < -0.3 is 15.6 Å². The molecule has 0 saturated heterocycles. The van der Waals surface area contributed by atoms with E-state index in [-0.39, 0.29) is 0 Å². The highest BCUT2D eigenvalue weighted by atomic mass is 32.1. The Balaban J connectivity index is 2.22. The normalized spacial score (nSPS) is 10.2. The van der Waals surface area contributed by atoms with Crippen LogP contribution in [-0.2, 0) is 6.54 Å². The van der Waals surface area contributed by atoms with Crippen LogP contribution >= 0.6 is 12.2 Å². The monoisotopic (exact) mass is 247 g/mol. The third-order valence-electron chi connectivity index (χ3n) is 2.47. The summed E-state index contributed by atoms with van der Waals surface area (Å²) in [5.41, 5.74) is 8.57. The van der Waals surface area contributed by atoms with Crippen molar-refractivity contribution < 1.29 is 4.52 Å². The van der Waals surface area contributed by atoms with Gasteiger partial charge in [-0.15, -0.1) is 0 Å². The Bertz CT molecular complexity index is 523. The Hall–Kier alpha value is -1.88. The lowest BCUT2D eigenvalue weighted by atomic mass is 10.1. The summed E-state index contributed by atoms with van der Waals surface area (Å²) in [6.45, 7) is 2.56. The lowest BCUT2D eigenvalue weighted by Gasteiger charge is -2.12. The zero-order valence-electron chi connectivity index (χ0n) is 9.43. The minimum absolute atomic E-state index is 0.383. The molecule has 88 valence electrons. The molecule has 17 heavy (non-hydrogen) atoms. The fourth-order valence-corrected chi connectivity index (χ4v) is 1.79. The van der Waals surface area contributed by atoms with E-state index in [1.54, 1.807) is 6.20 Å². The van der Waals surface area contributed by atoms with Crippen molar-refractivity contribution in [2.75, 3.05) is 5.32 Å². The van der Waals surface area contributed by atoms with Crippen LogP contribution in [0.4, 0.5) is 5.69 Å². The van der Waals surface area contributed by atoms with Crippen LogP contribution < -0.4 is 11.1 Å². The number of anilines is 1. The molecular formula is C12H13N3OS. The molecule has 0 unspecified atom stereocenters. The molecule has 4 nitrogen and oxygen atoms in total. The van der Waals surface area contributed by atoms with Gasteiger partial charge in [0, 0.05) is 17.3 Å². The van der Waals surface area contributed by atoms with Crippen LogP contribution in [-0.4, -0.2) is 10.1 Å². The lowest BCUT2D eigenvalue weighted by molar-refractivity contribution is 0.388. The number of benzene rings is 1. The molecule has 0 aliphatic carbocycles. The van der Waals surface area contributed by atoms with Crippen LogP contribution in [0, 0.1) is 6.92 Å². The number of para-hydroxylation sites is 1. The van der Waals surface area contributed by atoms with Gasteiger partial charge in [0.05, 0.1) is 12.7 Å². The molecule has 0 saturated carbocycles. The van der Waals surface area contributed by atoms with Crippen molar-refractivity contribution in [1.82, 2.24) is 5.16 Å². The molecule has 0 atom stereocenters. The third-order valence-corrected chi connectivity index (χ3v) is 2.69. The minimum atomic E-state index is 0.383. The molecule has 2 rings (SSSR count). The average molecular weight is 247 g/mol. The van der Waals surface area contributed by atoms with E-state index in [4.69, 9.17) is 22.5 Å². The van der Waals surface area contributed by atoms with E-state index < -0.39 is 0 Å². The molecule has 2 aromatic rings. The molecular weight excluding hydrogens is 234 g/mol. The quantitative estimate of drug-likeness (QED) is 0.811. The SMILES string of the molecule is Cc1cccc(C(N)=S)c1NCc1ccno1. The number of nitrogens with one attached hydrogen (secondary N) is 1. The molecule has 0 radical (unpaired) electrons. The Kier molecular flexibility index (Phi) is 3.39. The molecule has 1 heterocycles. The molecule has 0 spiro atoms. The highest BCUT2D eigenvalue weighted by Gasteiger charge is 2.08. The van der Waals surface area contributed by atoms with Crippen molar-refractivity contribution in [3.05, 3.63) is 47.3 Å². The van der Waals surface area contributed by atoms with Crippen molar-refractivity contribution in [2.24, 2.45) is 5.73 Å². The van der Waals surface area contributed by atoms with E-state index in [1.165, 1.54) is 0 Å². The van der Waals surface area contributed by atoms with E-state index in [0.29, 0.717) is 11.5 Å². The smallest absolute Gasteiger partial charge is 0.155 e. The molecule has 1 aromatic heterocycles. The average Bonchev–Trinajstić information content (AvgIpc) is 2.80. The highest BCUT2D eigenvalue weighted by molar-refractivity contribution is 7.80. The zero-order valence-corrected chi connectivity index (χ0v) is 10.3. The second-order valence-electron chi connectivity index (χ2n) is 3.69. The molecule has 1 aromatic carbocycles. The Labute approximate surface area is 105 Å². The summed E-state index contributed by atoms with van der Waals surface area (Å²) in [4.78, 5) is 0.383. The fraction of sp³-hybridized carbons (Fsp3) is 0.167. The first-order chi connectivity index (χ1) is 8.18. The molecule has 0 bridgehead atoms. The Morgan fingerprint density at radius 3 is 2.94 bits per heavy atom. The molecule has 0 aliphatic rings. The number of hydrogen-bond acceptors (Lipinski definition) is 4. The van der Waals surface area contributed by atoms with Gasteiger partial charge in [-0.1, -0.05) is 29.5 Å². The van der Waals surface area contributed by atoms with Gasteiger partial charge in [0.2, 0.25) is 0 Å². The van der Waals surface area contributed by atoms with E-state index in [9.17, 15) is 0 Å². The minimum Gasteiger partial charge on any atom is -0.389 e. The van der Waals surface area contributed by atoms with Gasteiger partial charge >= 0.3 is 0 Å². The third kappa shape index (κ3) is 2.62. The van der Waals surface area contributed by atoms with E-state index in [1.807, 2.05) is 31.2 Å². The summed E-state index contributed by atoms with van der Waals surface area (Å²) >= 11 is 5.03. The lowest BCUT2D eigenvalue weighted by Crippen LogP contribution is -2.14. The van der Waals surface area contributed by atoms with E-state index in [2.05, 4.69) is 10.5 Å². The maximum atomic E-state index is 5.69. The maximum Gasteiger partial charge on any atom is 0.155 e. The number of rotatable bonds is 4. The summed E-state index contributed by atoms with van der Waals surface area (Å²) in [5.74, 6) is 0.766. The standard InChI is InChI=1S/C12H13N3OS/c1-8-3-2-4-10(12(13)17)11(8)14-7-9-5-6-15-16-9/h2-6,14H,7H2,1H3,(H2,13,17). The van der Waals surface area contributed by atoms with Gasteiger partial charge in [-0.3, -0.25) is 0 Å². The zero-order chi connectivity index (χ0) is 12.3. The van der Waals surface area contributed by atoms with Gasteiger partial charge in [-0.05, 0) is 18.6 Å². The van der Waals surface area contributed by atoms with Gasteiger partial charge in [0.25, 0.3) is 0 Å². The molecule has 5 heteroatoms. The van der Waals surface area contributed by atoms with Crippen molar-refractivity contribution in [1.29, 1.82) is 0 Å². The van der Waals surface area contributed by atoms with Crippen molar-refractivity contribution >= 4 is 22.9 Å². The number of aryl methyl sites for hydroxylation is 1. The van der Waals surface area contributed by atoms with Gasteiger partial charge in [0.15, 0.2) is 5.76 Å². The number of hydrogen-bond donors (Lipinski definition) is 2. The first kappa shape index (κ1) is 11.6. The fourth-order valence-electron chi connectivity index (χ4n) is 1.62. The van der Waals surface area contributed by atoms with Crippen LogP contribution in [0.25, 0.3) is 0 Å². The largest absolute Gasteiger partial charge is 0.389 e. The first-order valence-electron chi connectivity index (χ1n) is 5.21. The van der Waals surface area contributed by atoms with Crippen molar-refractivity contribution in [3.63, 3.8) is 0 Å². The molecule has 0 fully saturated rings. The Morgan fingerprint density at radius 1 is 1.47 bits per heavy atom. The van der Waals surface area contributed by atoms with Gasteiger partial charge in [-0.2, -0.15) is 0 Å². The summed E-state index contributed by atoms with van der Waals surface area (Å²) in [6.07, 6.45) is 1.61. The Morgan fingerprint density at radius 2 is 2.29 bits per heavy atom.